The Bertz CT molecular complexity index is 566. The molecule has 0 radical (unpaired) electrons. The first-order chi connectivity index (χ1) is 7.61. The Kier molecular flexibility index (Phi) is 2.79. The Morgan fingerprint density at radius 3 is 2.81 bits per heavy atom. The van der Waals surface area contributed by atoms with E-state index in [0.717, 1.165) is 10.9 Å². The van der Waals surface area contributed by atoms with E-state index < -0.39 is 0 Å². The molecule has 1 aromatic carbocycles. The minimum Gasteiger partial charge on any atom is -0.465 e. The molecule has 0 saturated carbocycles. The number of ether oxygens (including phenoxy) is 1. The summed E-state index contributed by atoms with van der Waals surface area (Å²) in [6.07, 6.45) is 0. The molecule has 0 atom stereocenters. The van der Waals surface area contributed by atoms with Crippen LogP contribution in [0.5, 0.6) is 0 Å². The van der Waals surface area contributed by atoms with Crippen molar-refractivity contribution in [3.63, 3.8) is 0 Å². The van der Waals surface area contributed by atoms with E-state index in [1.807, 2.05) is 19.1 Å². The van der Waals surface area contributed by atoms with Crippen LogP contribution in [-0.2, 0) is 4.74 Å². The number of benzene rings is 1. The highest BCUT2D eigenvalue weighted by atomic mass is 35.5. The lowest BCUT2D eigenvalue weighted by molar-refractivity contribution is 0.0600. The summed E-state index contributed by atoms with van der Waals surface area (Å²) >= 11 is 5.80. The van der Waals surface area contributed by atoms with E-state index in [-0.39, 0.29) is 5.97 Å². The topological polar surface area (TPSA) is 39.2 Å². The zero-order valence-electron chi connectivity index (χ0n) is 8.95. The monoisotopic (exact) mass is 235 g/mol. The number of methoxy groups -OCH3 is 1. The first-order valence-electron chi connectivity index (χ1n) is 4.77. The fraction of sp³-hybridized carbons (Fsp3) is 0.167. The Labute approximate surface area is 98.0 Å². The zero-order chi connectivity index (χ0) is 11.7. The SMILES string of the molecule is COC(=O)c1cc2nc(Cl)ccc2cc1C. The third kappa shape index (κ3) is 1.86. The number of carbonyl (C=O) groups excluding carboxylic acids is 1. The molecule has 0 aliphatic carbocycles. The number of aryl methyl sites for hydroxylation is 1. The van der Waals surface area contributed by atoms with Crippen molar-refractivity contribution in [1.29, 1.82) is 0 Å². The largest absolute Gasteiger partial charge is 0.465 e. The van der Waals surface area contributed by atoms with Gasteiger partial charge in [-0.25, -0.2) is 9.78 Å². The number of carbonyl (C=O) groups is 1. The van der Waals surface area contributed by atoms with Crippen molar-refractivity contribution >= 4 is 28.5 Å². The molecule has 0 spiro atoms. The maximum atomic E-state index is 11.5. The molecule has 2 rings (SSSR count). The second-order valence-corrected chi connectivity index (χ2v) is 3.87. The van der Waals surface area contributed by atoms with E-state index in [2.05, 4.69) is 4.98 Å². The van der Waals surface area contributed by atoms with Gasteiger partial charge in [0.25, 0.3) is 0 Å². The molecule has 82 valence electrons. The lowest BCUT2D eigenvalue weighted by atomic mass is 10.1. The minimum absolute atomic E-state index is 0.360. The first kappa shape index (κ1) is 10.9. The molecule has 2 aromatic rings. The number of hydrogen-bond donors (Lipinski definition) is 0. The van der Waals surface area contributed by atoms with Gasteiger partial charge in [-0.15, -0.1) is 0 Å². The predicted molar refractivity (Wildman–Crippen MR) is 62.8 cm³/mol. The number of rotatable bonds is 1. The van der Waals surface area contributed by atoms with Crippen LogP contribution in [0.3, 0.4) is 0 Å². The van der Waals surface area contributed by atoms with Gasteiger partial charge < -0.3 is 4.74 Å². The van der Waals surface area contributed by atoms with Gasteiger partial charge in [-0.05, 0) is 36.8 Å². The summed E-state index contributed by atoms with van der Waals surface area (Å²) in [7, 11) is 1.36. The number of halogens is 1. The highest BCUT2D eigenvalue weighted by Gasteiger charge is 2.10. The van der Waals surface area contributed by atoms with Crippen molar-refractivity contribution < 1.29 is 9.53 Å². The van der Waals surface area contributed by atoms with Crippen molar-refractivity contribution in [3.8, 4) is 0 Å². The third-order valence-electron chi connectivity index (χ3n) is 2.41. The van der Waals surface area contributed by atoms with Crippen LogP contribution in [0.15, 0.2) is 24.3 Å². The van der Waals surface area contributed by atoms with Crippen LogP contribution >= 0.6 is 11.6 Å². The van der Waals surface area contributed by atoms with E-state index in [4.69, 9.17) is 16.3 Å². The van der Waals surface area contributed by atoms with Crippen LogP contribution in [0.2, 0.25) is 5.15 Å². The summed E-state index contributed by atoms with van der Waals surface area (Å²) in [5, 5.41) is 1.36. The van der Waals surface area contributed by atoms with Crippen molar-refractivity contribution in [1.82, 2.24) is 4.98 Å². The number of aromatic nitrogens is 1. The molecule has 1 heterocycles. The summed E-state index contributed by atoms with van der Waals surface area (Å²) in [6.45, 7) is 1.86. The van der Waals surface area contributed by atoms with Crippen LogP contribution in [0, 0.1) is 6.92 Å². The molecule has 0 aliphatic heterocycles. The molecular formula is C12H10ClNO2. The number of fused-ring (bicyclic) bond motifs is 1. The Hall–Kier alpha value is -1.61. The normalized spacial score (nSPS) is 10.4. The molecule has 1 aromatic heterocycles. The predicted octanol–water partition coefficient (Wildman–Crippen LogP) is 2.98. The molecule has 3 nitrogen and oxygen atoms in total. The molecule has 0 aliphatic rings. The third-order valence-corrected chi connectivity index (χ3v) is 2.62. The van der Waals surface area contributed by atoms with Crippen molar-refractivity contribution in [2.75, 3.05) is 7.11 Å². The van der Waals surface area contributed by atoms with Crippen LogP contribution in [0.1, 0.15) is 15.9 Å². The molecule has 0 saturated heterocycles. The van der Waals surface area contributed by atoms with Gasteiger partial charge in [-0.2, -0.15) is 0 Å². The average Bonchev–Trinajstić information content (AvgIpc) is 2.28. The van der Waals surface area contributed by atoms with Gasteiger partial charge in [-0.1, -0.05) is 11.6 Å². The zero-order valence-corrected chi connectivity index (χ0v) is 9.71. The van der Waals surface area contributed by atoms with E-state index in [1.54, 1.807) is 12.1 Å². The average molecular weight is 236 g/mol. The van der Waals surface area contributed by atoms with Crippen LogP contribution in [0.25, 0.3) is 10.9 Å². The van der Waals surface area contributed by atoms with Gasteiger partial charge in [-0.3, -0.25) is 0 Å². The number of hydrogen-bond acceptors (Lipinski definition) is 3. The summed E-state index contributed by atoms with van der Waals surface area (Å²) in [6, 6.07) is 7.19. The van der Waals surface area contributed by atoms with Gasteiger partial charge in [0.05, 0.1) is 18.2 Å². The second kappa shape index (κ2) is 4.10. The van der Waals surface area contributed by atoms with Crippen molar-refractivity contribution in [2.24, 2.45) is 0 Å². The molecule has 16 heavy (non-hydrogen) atoms. The molecule has 4 heteroatoms. The van der Waals surface area contributed by atoms with Crippen molar-refractivity contribution in [2.45, 2.75) is 6.92 Å². The summed E-state index contributed by atoms with van der Waals surface area (Å²) in [5.41, 5.74) is 2.08. The second-order valence-electron chi connectivity index (χ2n) is 3.49. The van der Waals surface area contributed by atoms with Gasteiger partial charge in [0, 0.05) is 5.39 Å². The maximum absolute atomic E-state index is 11.5. The van der Waals surface area contributed by atoms with Crippen LogP contribution < -0.4 is 0 Å². The smallest absolute Gasteiger partial charge is 0.338 e. The molecule has 0 fully saturated rings. The van der Waals surface area contributed by atoms with Crippen LogP contribution in [-0.4, -0.2) is 18.1 Å². The van der Waals surface area contributed by atoms with Crippen LogP contribution in [0.4, 0.5) is 0 Å². The number of nitrogens with zero attached hydrogens (tertiary/aromatic N) is 1. The lowest BCUT2D eigenvalue weighted by Gasteiger charge is -2.05. The minimum atomic E-state index is -0.360. The Morgan fingerprint density at radius 2 is 2.12 bits per heavy atom. The van der Waals surface area contributed by atoms with Gasteiger partial charge in [0.2, 0.25) is 0 Å². The maximum Gasteiger partial charge on any atom is 0.338 e. The first-order valence-corrected chi connectivity index (χ1v) is 5.15. The van der Waals surface area contributed by atoms with E-state index in [0.29, 0.717) is 16.2 Å². The summed E-state index contributed by atoms with van der Waals surface area (Å²) < 4.78 is 4.70. The Balaban J connectivity index is 2.68. The summed E-state index contributed by atoms with van der Waals surface area (Å²) in [5.74, 6) is -0.360. The number of pyridine rings is 1. The fourth-order valence-corrected chi connectivity index (χ4v) is 1.74. The van der Waals surface area contributed by atoms with E-state index in [9.17, 15) is 4.79 Å². The van der Waals surface area contributed by atoms with Gasteiger partial charge in [0.1, 0.15) is 5.15 Å². The quantitative estimate of drug-likeness (QED) is 0.564. The molecule has 0 amide bonds. The Morgan fingerprint density at radius 1 is 1.38 bits per heavy atom. The van der Waals surface area contributed by atoms with Gasteiger partial charge >= 0.3 is 5.97 Å². The lowest BCUT2D eigenvalue weighted by Crippen LogP contribution is -2.03. The standard InChI is InChI=1S/C12H10ClNO2/c1-7-5-8-3-4-11(13)14-10(8)6-9(7)12(15)16-2/h3-6H,1-2H3. The molecular weight excluding hydrogens is 226 g/mol. The molecule has 0 N–H and O–H groups in total. The van der Waals surface area contributed by atoms with Crippen molar-refractivity contribution in [3.05, 3.63) is 40.5 Å². The molecule has 0 bridgehead atoms. The van der Waals surface area contributed by atoms with E-state index >= 15 is 0 Å². The summed E-state index contributed by atoms with van der Waals surface area (Å²) in [4.78, 5) is 15.6. The highest BCUT2D eigenvalue weighted by Crippen LogP contribution is 2.20. The number of esters is 1. The molecule has 0 unspecified atom stereocenters. The fourth-order valence-electron chi connectivity index (χ4n) is 1.59. The van der Waals surface area contributed by atoms with E-state index in [1.165, 1.54) is 7.11 Å². The van der Waals surface area contributed by atoms with Gasteiger partial charge in [0.15, 0.2) is 0 Å². The highest BCUT2D eigenvalue weighted by molar-refractivity contribution is 6.29.